The highest BCUT2D eigenvalue weighted by molar-refractivity contribution is 5.98. The molecule has 0 atom stereocenters. The summed E-state index contributed by atoms with van der Waals surface area (Å²) in [6.07, 6.45) is 3.12. The van der Waals surface area contributed by atoms with Crippen LogP contribution in [0.2, 0.25) is 0 Å². The Bertz CT molecular complexity index is 922. The molecule has 23 heavy (non-hydrogen) atoms. The van der Waals surface area contributed by atoms with Crippen molar-refractivity contribution in [3.8, 4) is 11.4 Å². The van der Waals surface area contributed by atoms with E-state index in [1.165, 1.54) is 5.56 Å². The zero-order valence-electron chi connectivity index (χ0n) is 13.5. The Morgan fingerprint density at radius 3 is 2.57 bits per heavy atom. The third-order valence-corrected chi connectivity index (χ3v) is 4.31. The predicted octanol–water partition coefficient (Wildman–Crippen LogP) is 3.25. The van der Waals surface area contributed by atoms with Crippen LogP contribution in [0, 0.1) is 12.3 Å². The van der Waals surface area contributed by atoms with Crippen LogP contribution in [-0.4, -0.2) is 25.4 Å². The number of aromatic nitrogens is 4. The van der Waals surface area contributed by atoms with Gasteiger partial charge in [0.25, 0.3) is 5.78 Å². The molecule has 0 aliphatic heterocycles. The van der Waals surface area contributed by atoms with Gasteiger partial charge in [-0.3, -0.25) is 4.79 Å². The molecule has 0 fully saturated rings. The van der Waals surface area contributed by atoms with Crippen molar-refractivity contribution in [1.29, 1.82) is 0 Å². The van der Waals surface area contributed by atoms with Crippen LogP contribution in [0.4, 0.5) is 0 Å². The van der Waals surface area contributed by atoms with Crippen molar-refractivity contribution in [3.05, 3.63) is 47.3 Å². The van der Waals surface area contributed by atoms with Crippen LogP contribution in [0.15, 0.2) is 30.5 Å². The van der Waals surface area contributed by atoms with Gasteiger partial charge < -0.3 is 0 Å². The average molecular weight is 306 g/mol. The van der Waals surface area contributed by atoms with Crippen molar-refractivity contribution in [2.24, 2.45) is 5.41 Å². The Hall–Kier alpha value is -2.56. The maximum atomic E-state index is 12.4. The zero-order valence-corrected chi connectivity index (χ0v) is 13.5. The van der Waals surface area contributed by atoms with E-state index in [9.17, 15) is 4.79 Å². The SMILES string of the molecule is Cc1ccc(-c2nc3nc4c(cn3n2)C(=O)CC(C)(C)C4)cc1. The minimum Gasteiger partial charge on any atom is -0.294 e. The lowest BCUT2D eigenvalue weighted by atomic mass is 9.76. The lowest BCUT2D eigenvalue weighted by Crippen LogP contribution is -2.28. The summed E-state index contributed by atoms with van der Waals surface area (Å²) in [5, 5.41) is 4.48. The summed E-state index contributed by atoms with van der Waals surface area (Å²) in [7, 11) is 0. The van der Waals surface area contributed by atoms with Gasteiger partial charge >= 0.3 is 0 Å². The number of aryl methyl sites for hydroxylation is 1. The molecule has 1 aromatic carbocycles. The molecule has 0 amide bonds. The molecule has 1 aliphatic carbocycles. The van der Waals surface area contributed by atoms with Gasteiger partial charge in [0.1, 0.15) is 0 Å². The molecule has 5 nitrogen and oxygen atoms in total. The molecular formula is C18H18N4O. The van der Waals surface area contributed by atoms with E-state index in [0.717, 1.165) is 17.7 Å². The lowest BCUT2D eigenvalue weighted by molar-refractivity contribution is 0.0909. The molecule has 0 N–H and O–H groups in total. The first-order valence-electron chi connectivity index (χ1n) is 7.78. The number of carbonyl (C=O) groups is 1. The van der Waals surface area contributed by atoms with Crippen molar-refractivity contribution in [1.82, 2.24) is 19.6 Å². The number of rotatable bonds is 1. The van der Waals surface area contributed by atoms with E-state index in [-0.39, 0.29) is 11.2 Å². The third-order valence-electron chi connectivity index (χ3n) is 4.31. The summed E-state index contributed by atoms with van der Waals surface area (Å²) in [6.45, 7) is 6.24. The molecule has 0 radical (unpaired) electrons. The van der Waals surface area contributed by atoms with Crippen molar-refractivity contribution < 1.29 is 4.79 Å². The standard InChI is InChI=1S/C18H18N4O/c1-11-4-6-12(7-5-11)16-20-17-19-14-8-18(2,3)9-15(23)13(14)10-22(17)21-16/h4-7,10H,8-9H2,1-3H3. The van der Waals surface area contributed by atoms with E-state index in [1.54, 1.807) is 10.7 Å². The Morgan fingerprint density at radius 2 is 1.83 bits per heavy atom. The van der Waals surface area contributed by atoms with E-state index >= 15 is 0 Å². The highest BCUT2D eigenvalue weighted by Gasteiger charge is 2.32. The summed E-state index contributed by atoms with van der Waals surface area (Å²) in [4.78, 5) is 21.5. The Labute approximate surface area is 134 Å². The van der Waals surface area contributed by atoms with Crippen LogP contribution in [0.5, 0.6) is 0 Å². The smallest absolute Gasteiger partial charge is 0.252 e. The van der Waals surface area contributed by atoms with Crippen LogP contribution in [0.25, 0.3) is 17.2 Å². The quantitative estimate of drug-likeness (QED) is 0.692. The first kappa shape index (κ1) is 14.1. The molecule has 4 rings (SSSR count). The lowest BCUT2D eigenvalue weighted by Gasteiger charge is -2.28. The van der Waals surface area contributed by atoms with E-state index < -0.39 is 0 Å². The van der Waals surface area contributed by atoms with Gasteiger partial charge in [0, 0.05) is 18.2 Å². The second-order valence-electron chi connectivity index (χ2n) is 7.09. The monoisotopic (exact) mass is 306 g/mol. The maximum absolute atomic E-state index is 12.4. The number of benzene rings is 1. The average Bonchev–Trinajstić information content (AvgIpc) is 2.88. The largest absolute Gasteiger partial charge is 0.294 e. The first-order chi connectivity index (χ1) is 10.9. The maximum Gasteiger partial charge on any atom is 0.252 e. The number of hydrogen-bond donors (Lipinski definition) is 0. The summed E-state index contributed by atoms with van der Waals surface area (Å²) in [6, 6.07) is 8.06. The third kappa shape index (κ3) is 2.42. The van der Waals surface area contributed by atoms with E-state index in [2.05, 4.69) is 28.9 Å². The molecule has 1 aliphatic rings. The van der Waals surface area contributed by atoms with Crippen LogP contribution in [0.3, 0.4) is 0 Å². The van der Waals surface area contributed by atoms with Gasteiger partial charge in [0.05, 0.1) is 11.3 Å². The van der Waals surface area contributed by atoms with Gasteiger partial charge in [-0.1, -0.05) is 43.7 Å². The van der Waals surface area contributed by atoms with E-state index in [4.69, 9.17) is 0 Å². The van der Waals surface area contributed by atoms with Crippen molar-refractivity contribution in [2.45, 2.75) is 33.6 Å². The number of nitrogens with zero attached hydrogens (tertiary/aromatic N) is 4. The van der Waals surface area contributed by atoms with Gasteiger partial charge in [-0.05, 0) is 18.8 Å². The molecule has 0 saturated carbocycles. The summed E-state index contributed by atoms with van der Waals surface area (Å²) >= 11 is 0. The van der Waals surface area contributed by atoms with Crippen LogP contribution in [-0.2, 0) is 6.42 Å². The van der Waals surface area contributed by atoms with Gasteiger partial charge in [0.2, 0.25) is 0 Å². The molecule has 2 heterocycles. The van der Waals surface area contributed by atoms with Crippen LogP contribution in [0.1, 0.15) is 41.9 Å². The summed E-state index contributed by atoms with van der Waals surface area (Å²) in [5.74, 6) is 1.31. The van der Waals surface area contributed by atoms with E-state index in [1.807, 2.05) is 31.2 Å². The van der Waals surface area contributed by atoms with Crippen molar-refractivity contribution in [3.63, 3.8) is 0 Å². The number of carbonyl (C=O) groups excluding carboxylic acids is 1. The van der Waals surface area contributed by atoms with Crippen molar-refractivity contribution in [2.75, 3.05) is 0 Å². The fourth-order valence-electron chi connectivity index (χ4n) is 3.09. The number of hydrogen-bond acceptors (Lipinski definition) is 4. The Kier molecular flexibility index (Phi) is 2.88. The molecular weight excluding hydrogens is 288 g/mol. The van der Waals surface area contributed by atoms with Crippen molar-refractivity contribution >= 4 is 11.6 Å². The van der Waals surface area contributed by atoms with Crippen LogP contribution >= 0.6 is 0 Å². The topological polar surface area (TPSA) is 60.1 Å². The van der Waals surface area contributed by atoms with Gasteiger partial charge in [-0.25, -0.2) is 9.50 Å². The molecule has 0 bridgehead atoms. The van der Waals surface area contributed by atoms with Crippen LogP contribution < -0.4 is 0 Å². The number of Topliss-reactive ketones (excluding diaryl/α,β-unsaturated/α-hetero) is 1. The minimum atomic E-state index is -0.0464. The normalized spacial score (nSPS) is 16.6. The zero-order chi connectivity index (χ0) is 16.2. The number of ketones is 1. The second kappa shape index (κ2) is 4.72. The minimum absolute atomic E-state index is 0.0464. The molecule has 0 unspecified atom stereocenters. The molecule has 116 valence electrons. The fraction of sp³-hybridized carbons (Fsp3) is 0.333. The Balaban J connectivity index is 1.84. The summed E-state index contributed by atoms with van der Waals surface area (Å²) < 4.78 is 1.62. The molecule has 0 spiro atoms. The van der Waals surface area contributed by atoms with Gasteiger partial charge in [-0.2, -0.15) is 4.98 Å². The fourth-order valence-corrected chi connectivity index (χ4v) is 3.09. The number of fused-ring (bicyclic) bond motifs is 2. The second-order valence-corrected chi connectivity index (χ2v) is 7.09. The molecule has 0 saturated heterocycles. The highest BCUT2D eigenvalue weighted by atomic mass is 16.1. The summed E-state index contributed by atoms with van der Waals surface area (Å²) in [5.41, 5.74) is 3.61. The van der Waals surface area contributed by atoms with E-state index in [0.29, 0.717) is 23.6 Å². The Morgan fingerprint density at radius 1 is 1.09 bits per heavy atom. The predicted molar refractivity (Wildman–Crippen MR) is 87.4 cm³/mol. The molecule has 5 heteroatoms. The highest BCUT2D eigenvalue weighted by Crippen LogP contribution is 2.33. The van der Waals surface area contributed by atoms with Gasteiger partial charge in [-0.15, -0.1) is 5.10 Å². The van der Waals surface area contributed by atoms with Gasteiger partial charge in [0.15, 0.2) is 11.6 Å². The molecule has 3 aromatic rings. The first-order valence-corrected chi connectivity index (χ1v) is 7.78. The molecule has 2 aromatic heterocycles.